The van der Waals surface area contributed by atoms with Crippen LogP contribution < -0.4 is 19.5 Å². The number of ether oxygens (including phenoxy) is 3. The van der Waals surface area contributed by atoms with E-state index in [9.17, 15) is 18.3 Å². The number of hydrogen-bond donors (Lipinski definition) is 3. The van der Waals surface area contributed by atoms with E-state index in [1.165, 1.54) is 43.9 Å². The third-order valence-corrected chi connectivity index (χ3v) is 8.96. The molecular weight excluding hydrogens is 624 g/mol. The van der Waals surface area contributed by atoms with Gasteiger partial charge >= 0.3 is 0 Å². The van der Waals surface area contributed by atoms with Crippen molar-refractivity contribution >= 4 is 27.4 Å². The monoisotopic (exact) mass is 662 g/mol. The van der Waals surface area contributed by atoms with Gasteiger partial charge in [-0.1, -0.05) is 39.0 Å². The van der Waals surface area contributed by atoms with Gasteiger partial charge in [-0.2, -0.15) is 0 Å². The minimum atomic E-state index is -4.16. The number of aromatic nitrogens is 3. The maximum Gasteiger partial charge on any atom is 0.262 e. The van der Waals surface area contributed by atoms with Crippen molar-refractivity contribution < 1.29 is 32.5 Å². The van der Waals surface area contributed by atoms with Crippen molar-refractivity contribution in [1.29, 1.82) is 0 Å². The first kappa shape index (κ1) is 33.6. The molecule has 2 aromatic carbocycles. The summed E-state index contributed by atoms with van der Waals surface area (Å²) >= 11 is 0. The Balaban J connectivity index is 1.61. The van der Waals surface area contributed by atoms with Crippen molar-refractivity contribution in [2.45, 2.75) is 43.2 Å². The third-order valence-electron chi connectivity index (χ3n) is 7.59. The van der Waals surface area contributed by atoms with Crippen molar-refractivity contribution in [2.75, 3.05) is 43.5 Å². The molecule has 3 heterocycles. The van der Waals surface area contributed by atoms with E-state index in [0.29, 0.717) is 32.1 Å². The lowest BCUT2D eigenvalue weighted by molar-refractivity contribution is -0.127. The summed E-state index contributed by atoms with van der Waals surface area (Å²) in [5, 5.41) is 14.0. The number of sulfonamides is 1. The number of carbonyl (C=O) groups excluding carboxylic acids is 1. The lowest BCUT2D eigenvalue weighted by Gasteiger charge is -2.38. The highest BCUT2D eigenvalue weighted by atomic mass is 32.2. The van der Waals surface area contributed by atoms with E-state index in [1.807, 2.05) is 31.7 Å². The van der Waals surface area contributed by atoms with Crippen LogP contribution in [0.4, 0.5) is 11.5 Å². The molecule has 248 valence electrons. The fourth-order valence-corrected chi connectivity index (χ4v) is 6.30. The second-order valence-electron chi connectivity index (χ2n) is 11.9. The van der Waals surface area contributed by atoms with Crippen LogP contribution in [0.5, 0.6) is 17.4 Å². The summed E-state index contributed by atoms with van der Waals surface area (Å²) in [5.41, 5.74) is 0.758. The molecule has 0 saturated carbocycles. The van der Waals surface area contributed by atoms with Crippen LogP contribution in [0, 0.1) is 0 Å². The van der Waals surface area contributed by atoms with E-state index >= 15 is 0 Å². The van der Waals surface area contributed by atoms with E-state index in [4.69, 9.17) is 14.2 Å². The van der Waals surface area contributed by atoms with Crippen LogP contribution in [-0.2, 0) is 25.0 Å². The predicted molar refractivity (Wildman–Crippen MR) is 175 cm³/mol. The molecule has 13 nitrogen and oxygen atoms in total. The Hall–Kier alpha value is -4.79. The van der Waals surface area contributed by atoms with Crippen LogP contribution in [0.1, 0.15) is 38.0 Å². The van der Waals surface area contributed by atoms with Crippen LogP contribution in [0.15, 0.2) is 84.3 Å². The summed E-state index contributed by atoms with van der Waals surface area (Å²) in [6, 6.07) is 15.2. The molecule has 4 aromatic rings. The molecule has 1 aliphatic rings. The molecule has 2 atom stereocenters. The fourth-order valence-electron chi connectivity index (χ4n) is 5.20. The molecule has 0 spiro atoms. The average molecular weight is 663 g/mol. The number of benzene rings is 2. The summed E-state index contributed by atoms with van der Waals surface area (Å²) < 4.78 is 47.4. The number of amides is 1. The van der Waals surface area contributed by atoms with Gasteiger partial charge < -0.3 is 24.6 Å². The Kier molecular flexibility index (Phi) is 10.2. The fraction of sp³-hybridized carbons (Fsp3) is 0.333. The quantitative estimate of drug-likeness (QED) is 0.211. The second kappa shape index (κ2) is 14.3. The normalized spacial score (nSPS) is 15.3. The van der Waals surface area contributed by atoms with Gasteiger partial charge in [-0.15, -0.1) is 0 Å². The smallest absolute Gasteiger partial charge is 0.262 e. The summed E-state index contributed by atoms with van der Waals surface area (Å²) in [6.45, 7) is 7.52. The Morgan fingerprint density at radius 2 is 1.81 bits per heavy atom. The van der Waals surface area contributed by atoms with Gasteiger partial charge in [-0.25, -0.2) is 23.4 Å². The van der Waals surface area contributed by atoms with Crippen LogP contribution in [0.2, 0.25) is 0 Å². The highest BCUT2D eigenvalue weighted by Crippen LogP contribution is 2.41. The standard InChI is InChI=1S/C33H38N6O7S/c1-33(2,3)23-8-7-9-24(20-23)47(42,43)38-25-18-22(19-26(40)31(25)44-4)30(46-28-11-13-34-21-36-28)29(39-14-16-45-17-15-39)32(41)37-27-10-5-6-12-35-27/h5-13,18-21,29-30,38,40H,14-17H2,1-4H3,(H,35,37,41). The number of carbonyl (C=O) groups is 1. The Bertz CT molecular complexity index is 1780. The van der Waals surface area contributed by atoms with Crippen LogP contribution in [0.25, 0.3) is 0 Å². The zero-order valence-electron chi connectivity index (χ0n) is 26.6. The zero-order chi connectivity index (χ0) is 33.6. The number of methoxy groups -OCH3 is 1. The molecule has 1 saturated heterocycles. The SMILES string of the molecule is COc1c(O)cc(C(Oc2ccncn2)C(C(=O)Nc2ccccn2)N2CCOCC2)cc1NS(=O)(=O)c1cccc(C(C)(C)C)c1. The first-order chi connectivity index (χ1) is 22.5. The summed E-state index contributed by atoms with van der Waals surface area (Å²) in [7, 11) is -2.84. The maximum atomic E-state index is 14.1. The van der Waals surface area contributed by atoms with E-state index in [0.717, 1.165) is 5.56 Å². The molecule has 5 rings (SSSR count). The highest BCUT2D eigenvalue weighted by molar-refractivity contribution is 7.92. The molecule has 2 aromatic heterocycles. The Labute approximate surface area is 274 Å². The van der Waals surface area contributed by atoms with E-state index < -0.39 is 28.1 Å². The molecule has 1 aliphatic heterocycles. The molecule has 3 N–H and O–H groups in total. The topological polar surface area (TPSA) is 165 Å². The molecule has 2 unspecified atom stereocenters. The first-order valence-corrected chi connectivity index (χ1v) is 16.5. The number of rotatable bonds is 11. The van der Waals surface area contributed by atoms with Gasteiger partial charge in [-0.3, -0.25) is 14.4 Å². The molecule has 0 radical (unpaired) electrons. The molecule has 1 amide bonds. The van der Waals surface area contributed by atoms with Crippen molar-refractivity contribution in [2.24, 2.45) is 0 Å². The van der Waals surface area contributed by atoms with Crippen molar-refractivity contribution in [3.05, 3.63) is 90.5 Å². The average Bonchev–Trinajstić information content (AvgIpc) is 3.05. The van der Waals surface area contributed by atoms with Crippen molar-refractivity contribution in [1.82, 2.24) is 19.9 Å². The number of hydrogen-bond acceptors (Lipinski definition) is 11. The van der Waals surface area contributed by atoms with Crippen LogP contribution in [-0.4, -0.2) is 78.7 Å². The Morgan fingerprint density at radius 3 is 2.47 bits per heavy atom. The van der Waals surface area contributed by atoms with Crippen LogP contribution in [0.3, 0.4) is 0 Å². The van der Waals surface area contributed by atoms with Crippen molar-refractivity contribution in [3.8, 4) is 17.4 Å². The first-order valence-electron chi connectivity index (χ1n) is 15.0. The largest absolute Gasteiger partial charge is 0.504 e. The van der Waals surface area contributed by atoms with Gasteiger partial charge in [0, 0.05) is 37.1 Å². The van der Waals surface area contributed by atoms with Gasteiger partial charge in [0.25, 0.3) is 10.0 Å². The summed E-state index contributed by atoms with van der Waals surface area (Å²) in [6.07, 6.45) is 3.25. The van der Waals surface area contributed by atoms with Crippen molar-refractivity contribution in [3.63, 3.8) is 0 Å². The third kappa shape index (κ3) is 8.14. The maximum absolute atomic E-state index is 14.1. The second-order valence-corrected chi connectivity index (χ2v) is 13.6. The minimum Gasteiger partial charge on any atom is -0.504 e. The zero-order valence-corrected chi connectivity index (χ0v) is 27.4. The molecule has 0 aliphatic carbocycles. The van der Waals surface area contributed by atoms with E-state index in [1.54, 1.807) is 36.5 Å². The van der Waals surface area contributed by atoms with Crippen LogP contribution >= 0.6 is 0 Å². The minimum absolute atomic E-state index is 0.0339. The highest BCUT2D eigenvalue weighted by Gasteiger charge is 2.39. The molecule has 14 heteroatoms. The van der Waals surface area contributed by atoms with E-state index in [2.05, 4.69) is 25.0 Å². The summed E-state index contributed by atoms with van der Waals surface area (Å²) in [4.78, 5) is 28.4. The number of anilines is 2. The lowest BCUT2D eigenvalue weighted by Crippen LogP contribution is -2.53. The number of aromatic hydroxyl groups is 1. The van der Waals surface area contributed by atoms with E-state index in [-0.39, 0.29) is 38.9 Å². The molecule has 0 bridgehead atoms. The number of nitrogens with zero attached hydrogens (tertiary/aromatic N) is 4. The van der Waals surface area contributed by atoms with Gasteiger partial charge in [0.05, 0.1) is 30.9 Å². The molecule has 1 fully saturated rings. The summed E-state index contributed by atoms with van der Waals surface area (Å²) in [5.74, 6) is -0.425. The number of morpholine rings is 1. The number of phenolic OH excluding ortho intramolecular Hbond substituents is 1. The predicted octanol–water partition coefficient (Wildman–Crippen LogP) is 4.14. The van der Waals surface area contributed by atoms with Gasteiger partial charge in [0.2, 0.25) is 11.8 Å². The Morgan fingerprint density at radius 1 is 1.02 bits per heavy atom. The van der Waals surface area contributed by atoms with Gasteiger partial charge in [0.15, 0.2) is 17.6 Å². The number of phenols is 1. The molecular formula is C33H38N6O7S. The number of nitrogens with one attached hydrogen (secondary N) is 2. The van der Waals surface area contributed by atoms with Gasteiger partial charge in [0.1, 0.15) is 18.2 Å². The number of pyridine rings is 1. The molecule has 47 heavy (non-hydrogen) atoms. The van der Waals surface area contributed by atoms with Gasteiger partial charge in [-0.05, 0) is 47.4 Å². The lowest BCUT2D eigenvalue weighted by atomic mass is 9.87.